The summed E-state index contributed by atoms with van der Waals surface area (Å²) in [6, 6.07) is 3.18. The minimum atomic E-state index is -0.183. The molecule has 1 aromatic carbocycles. The number of rotatable bonds is 3. The summed E-state index contributed by atoms with van der Waals surface area (Å²) in [7, 11) is 1.67. The smallest absolute Gasteiger partial charge is 0.204 e. The number of nitrogens with one attached hydrogen (secondary N) is 1. The topological polar surface area (TPSA) is 67.8 Å². The Morgan fingerprint density at radius 3 is 2.94 bits per heavy atom. The first-order chi connectivity index (χ1) is 7.74. The molecule has 0 fully saturated rings. The molecule has 1 aliphatic heterocycles. The van der Waals surface area contributed by atoms with Crippen LogP contribution in [0.15, 0.2) is 12.1 Å². The number of ketones is 1. The predicted molar refractivity (Wildman–Crippen MR) is 57.4 cm³/mol. The highest BCUT2D eigenvalue weighted by Crippen LogP contribution is 2.40. The molecule has 0 saturated heterocycles. The first-order valence-electron chi connectivity index (χ1n) is 5.03. The Hall–Kier alpha value is -1.75. The lowest BCUT2D eigenvalue weighted by molar-refractivity contribution is 0.0988. The van der Waals surface area contributed by atoms with Crippen LogP contribution in [0, 0.1) is 0 Å². The number of carbonyl (C=O) groups excluding carboxylic acids is 1. The molecular formula is C11H13NO4. The summed E-state index contributed by atoms with van der Waals surface area (Å²) in [5.74, 6) is 0.410. The van der Waals surface area contributed by atoms with Crippen LogP contribution < -0.4 is 14.8 Å². The van der Waals surface area contributed by atoms with E-state index in [-0.39, 0.29) is 29.4 Å². The lowest BCUT2D eigenvalue weighted by Crippen LogP contribution is -2.20. The molecule has 5 nitrogen and oxygen atoms in total. The highest BCUT2D eigenvalue weighted by Gasteiger charge is 2.21. The SMILES string of the molecule is CNCC(=O)c1ccc2c(c1O)OCCO2. The fraction of sp³-hybridized carbons (Fsp3) is 0.364. The standard InChI is InChI=1S/C11H13NO4/c1-12-6-8(13)7-2-3-9-11(10(7)14)16-5-4-15-9/h2-3,12,14H,4-6H2,1H3. The molecule has 2 N–H and O–H groups in total. The average Bonchev–Trinajstić information content (AvgIpc) is 2.30. The van der Waals surface area contributed by atoms with Crippen molar-refractivity contribution in [2.75, 3.05) is 26.8 Å². The van der Waals surface area contributed by atoms with Gasteiger partial charge in [0.05, 0.1) is 12.1 Å². The fourth-order valence-corrected chi connectivity index (χ4v) is 1.58. The van der Waals surface area contributed by atoms with Crippen molar-refractivity contribution in [2.24, 2.45) is 0 Å². The van der Waals surface area contributed by atoms with Gasteiger partial charge in [0, 0.05) is 0 Å². The number of aromatic hydroxyl groups is 1. The quantitative estimate of drug-likeness (QED) is 0.733. The Labute approximate surface area is 93.0 Å². The minimum absolute atomic E-state index is 0.141. The lowest BCUT2D eigenvalue weighted by Gasteiger charge is -2.20. The summed E-state index contributed by atoms with van der Waals surface area (Å²) < 4.78 is 10.6. The summed E-state index contributed by atoms with van der Waals surface area (Å²) in [6.07, 6.45) is 0. The van der Waals surface area contributed by atoms with Gasteiger partial charge < -0.3 is 19.9 Å². The Balaban J connectivity index is 2.37. The molecule has 1 aromatic rings. The summed E-state index contributed by atoms with van der Waals surface area (Å²) in [4.78, 5) is 11.6. The van der Waals surface area contributed by atoms with Gasteiger partial charge in [-0.05, 0) is 19.2 Å². The predicted octanol–water partition coefficient (Wildman–Crippen LogP) is 0.566. The Kier molecular flexibility index (Phi) is 2.96. The maximum absolute atomic E-state index is 11.6. The van der Waals surface area contributed by atoms with Gasteiger partial charge in [0.2, 0.25) is 5.75 Å². The normalized spacial score (nSPS) is 13.6. The number of fused-ring (bicyclic) bond motifs is 1. The van der Waals surface area contributed by atoms with Gasteiger partial charge in [0.1, 0.15) is 13.2 Å². The molecule has 86 valence electrons. The van der Waals surface area contributed by atoms with Crippen LogP contribution in [0.25, 0.3) is 0 Å². The van der Waals surface area contributed by atoms with Gasteiger partial charge in [0.25, 0.3) is 0 Å². The van der Waals surface area contributed by atoms with E-state index in [1.807, 2.05) is 0 Å². The van der Waals surface area contributed by atoms with Crippen LogP contribution in [0.1, 0.15) is 10.4 Å². The van der Waals surface area contributed by atoms with E-state index in [1.54, 1.807) is 19.2 Å². The summed E-state index contributed by atoms with van der Waals surface area (Å²) in [5.41, 5.74) is 0.249. The van der Waals surface area contributed by atoms with Crippen molar-refractivity contribution in [1.82, 2.24) is 5.32 Å². The molecule has 0 saturated carbocycles. The van der Waals surface area contributed by atoms with Crippen molar-refractivity contribution >= 4 is 5.78 Å². The Morgan fingerprint density at radius 2 is 2.19 bits per heavy atom. The molecule has 16 heavy (non-hydrogen) atoms. The number of hydrogen-bond acceptors (Lipinski definition) is 5. The highest BCUT2D eigenvalue weighted by atomic mass is 16.6. The van der Waals surface area contributed by atoms with Crippen molar-refractivity contribution < 1.29 is 19.4 Å². The van der Waals surface area contributed by atoms with Gasteiger partial charge in [-0.15, -0.1) is 0 Å². The second kappa shape index (κ2) is 4.40. The number of hydrogen-bond donors (Lipinski definition) is 2. The number of Topliss-reactive ketones (excluding diaryl/α,β-unsaturated/α-hetero) is 1. The van der Waals surface area contributed by atoms with Gasteiger partial charge in [-0.2, -0.15) is 0 Å². The van der Waals surface area contributed by atoms with Crippen molar-refractivity contribution in [3.63, 3.8) is 0 Å². The molecule has 0 bridgehead atoms. The number of phenols is 1. The zero-order chi connectivity index (χ0) is 11.5. The van der Waals surface area contributed by atoms with Crippen LogP contribution in [0.2, 0.25) is 0 Å². The molecule has 0 unspecified atom stereocenters. The molecule has 0 aromatic heterocycles. The number of benzene rings is 1. The monoisotopic (exact) mass is 223 g/mol. The average molecular weight is 223 g/mol. The maximum Gasteiger partial charge on any atom is 0.204 e. The summed E-state index contributed by atoms with van der Waals surface area (Å²) >= 11 is 0. The molecule has 0 aliphatic carbocycles. The number of ether oxygens (including phenoxy) is 2. The first-order valence-corrected chi connectivity index (χ1v) is 5.03. The van der Waals surface area contributed by atoms with E-state index < -0.39 is 0 Å². The van der Waals surface area contributed by atoms with Crippen LogP contribution in [0.5, 0.6) is 17.2 Å². The van der Waals surface area contributed by atoms with Gasteiger partial charge in [-0.25, -0.2) is 0 Å². The number of likely N-dealkylation sites (N-methyl/N-ethyl adjacent to an activating group) is 1. The van der Waals surface area contributed by atoms with Crippen molar-refractivity contribution in [1.29, 1.82) is 0 Å². The van der Waals surface area contributed by atoms with Crippen LogP contribution in [0.3, 0.4) is 0 Å². The Morgan fingerprint density at radius 1 is 1.44 bits per heavy atom. The maximum atomic E-state index is 11.6. The van der Waals surface area contributed by atoms with E-state index in [9.17, 15) is 9.90 Å². The molecule has 2 rings (SSSR count). The molecular weight excluding hydrogens is 210 g/mol. The third-order valence-electron chi connectivity index (χ3n) is 2.32. The van der Waals surface area contributed by atoms with Gasteiger partial charge in [-0.1, -0.05) is 0 Å². The first kappa shape index (κ1) is 10.8. The van der Waals surface area contributed by atoms with E-state index in [4.69, 9.17) is 9.47 Å². The van der Waals surface area contributed by atoms with Crippen molar-refractivity contribution in [2.45, 2.75) is 0 Å². The van der Waals surface area contributed by atoms with Crippen LogP contribution in [-0.4, -0.2) is 37.7 Å². The summed E-state index contributed by atoms with van der Waals surface area (Å²) in [5, 5.41) is 12.6. The van der Waals surface area contributed by atoms with Gasteiger partial charge in [-0.3, -0.25) is 4.79 Å². The molecule has 1 aliphatic rings. The molecule has 0 radical (unpaired) electrons. The van der Waals surface area contributed by atoms with Gasteiger partial charge >= 0.3 is 0 Å². The minimum Gasteiger partial charge on any atom is -0.504 e. The van der Waals surface area contributed by atoms with Crippen LogP contribution >= 0.6 is 0 Å². The zero-order valence-electron chi connectivity index (χ0n) is 8.95. The van der Waals surface area contributed by atoms with Crippen molar-refractivity contribution in [3.8, 4) is 17.2 Å². The summed E-state index contributed by atoms with van der Waals surface area (Å²) in [6.45, 7) is 1.01. The molecule has 5 heteroatoms. The molecule has 0 atom stereocenters. The van der Waals surface area contributed by atoms with Crippen LogP contribution in [-0.2, 0) is 0 Å². The van der Waals surface area contributed by atoms with Crippen LogP contribution in [0.4, 0.5) is 0 Å². The molecule has 0 spiro atoms. The van der Waals surface area contributed by atoms with Crippen molar-refractivity contribution in [3.05, 3.63) is 17.7 Å². The third-order valence-corrected chi connectivity index (χ3v) is 2.32. The molecule has 0 amide bonds. The number of carbonyl (C=O) groups is 1. The number of phenolic OH excluding ortho intramolecular Hbond substituents is 1. The van der Waals surface area contributed by atoms with E-state index in [0.717, 1.165) is 0 Å². The van der Waals surface area contributed by atoms with Gasteiger partial charge in [0.15, 0.2) is 17.3 Å². The highest BCUT2D eigenvalue weighted by molar-refractivity contribution is 6.01. The Bertz CT molecular complexity index is 417. The van der Waals surface area contributed by atoms with E-state index in [2.05, 4.69) is 5.32 Å². The second-order valence-electron chi connectivity index (χ2n) is 3.44. The van der Waals surface area contributed by atoms with E-state index >= 15 is 0 Å². The third kappa shape index (κ3) is 1.81. The zero-order valence-corrected chi connectivity index (χ0v) is 8.95. The van der Waals surface area contributed by atoms with E-state index in [0.29, 0.717) is 19.0 Å². The second-order valence-corrected chi connectivity index (χ2v) is 3.44. The molecule has 1 heterocycles. The van der Waals surface area contributed by atoms with E-state index in [1.165, 1.54) is 0 Å². The lowest BCUT2D eigenvalue weighted by atomic mass is 10.1. The largest absolute Gasteiger partial charge is 0.504 e. The fourth-order valence-electron chi connectivity index (χ4n) is 1.58.